The number of carbonyl (C=O) groups is 2. The molecular weight excluding hydrogens is 240 g/mol. The number of carbonyl (C=O) groups excluding carboxylic acids is 2. The predicted molar refractivity (Wildman–Crippen MR) is 76.7 cm³/mol. The lowest BCUT2D eigenvalue weighted by Crippen LogP contribution is -2.36. The molecule has 0 radical (unpaired) electrons. The molecule has 2 atom stereocenters. The van der Waals surface area contributed by atoms with E-state index in [0.717, 1.165) is 45.4 Å². The van der Waals surface area contributed by atoms with Gasteiger partial charge in [-0.25, -0.2) is 0 Å². The van der Waals surface area contributed by atoms with E-state index in [1.165, 1.54) is 0 Å². The number of nitrogens with zero attached hydrogens (tertiary/aromatic N) is 2. The maximum Gasteiger partial charge on any atom is 0.226 e. The third-order valence-corrected chi connectivity index (χ3v) is 3.80. The first-order chi connectivity index (χ1) is 9.10. The van der Waals surface area contributed by atoms with Gasteiger partial charge in [-0.05, 0) is 33.1 Å². The Morgan fingerprint density at radius 3 is 1.63 bits per heavy atom. The smallest absolute Gasteiger partial charge is 0.226 e. The van der Waals surface area contributed by atoms with Crippen LogP contribution in [0.3, 0.4) is 0 Å². The molecule has 0 aliphatic heterocycles. The first-order valence-corrected chi connectivity index (χ1v) is 7.68. The normalized spacial score (nSPS) is 21.1. The fourth-order valence-corrected chi connectivity index (χ4v) is 2.62. The highest BCUT2D eigenvalue weighted by Gasteiger charge is 2.50. The van der Waals surface area contributed by atoms with Crippen molar-refractivity contribution in [2.24, 2.45) is 11.8 Å². The summed E-state index contributed by atoms with van der Waals surface area (Å²) < 4.78 is 0. The van der Waals surface area contributed by atoms with E-state index in [-0.39, 0.29) is 23.7 Å². The van der Waals surface area contributed by atoms with Crippen LogP contribution in [0.2, 0.25) is 0 Å². The van der Waals surface area contributed by atoms with Crippen molar-refractivity contribution in [3.63, 3.8) is 0 Å². The van der Waals surface area contributed by atoms with Crippen LogP contribution in [0.1, 0.15) is 47.0 Å². The average Bonchev–Trinajstić information content (AvgIpc) is 3.19. The predicted octanol–water partition coefficient (Wildman–Crippen LogP) is 2.14. The lowest BCUT2D eigenvalue weighted by atomic mass is 10.2. The molecule has 0 heterocycles. The third kappa shape index (κ3) is 3.95. The quantitative estimate of drug-likeness (QED) is 0.676. The van der Waals surface area contributed by atoms with E-state index in [1.807, 2.05) is 23.6 Å². The van der Waals surface area contributed by atoms with Crippen LogP contribution in [0.5, 0.6) is 0 Å². The molecular formula is C15H28N2O2. The van der Waals surface area contributed by atoms with Crippen LogP contribution in [-0.4, -0.2) is 47.8 Å². The summed E-state index contributed by atoms with van der Waals surface area (Å²) in [6.07, 6.45) is 2.71. The second-order valence-corrected chi connectivity index (χ2v) is 5.28. The van der Waals surface area contributed by atoms with Gasteiger partial charge in [0.25, 0.3) is 0 Å². The molecule has 1 aliphatic rings. The highest BCUT2D eigenvalue weighted by molar-refractivity contribution is 5.92. The van der Waals surface area contributed by atoms with Gasteiger partial charge in [-0.3, -0.25) is 9.59 Å². The first kappa shape index (κ1) is 16.0. The lowest BCUT2D eigenvalue weighted by Gasteiger charge is -2.22. The molecule has 1 fully saturated rings. The van der Waals surface area contributed by atoms with Gasteiger partial charge in [0, 0.05) is 26.2 Å². The van der Waals surface area contributed by atoms with Gasteiger partial charge in [-0.15, -0.1) is 0 Å². The van der Waals surface area contributed by atoms with Crippen molar-refractivity contribution in [2.75, 3.05) is 26.2 Å². The van der Waals surface area contributed by atoms with E-state index in [1.54, 1.807) is 0 Å². The topological polar surface area (TPSA) is 40.6 Å². The summed E-state index contributed by atoms with van der Waals surface area (Å²) in [5.41, 5.74) is 0. The molecule has 110 valence electrons. The third-order valence-electron chi connectivity index (χ3n) is 3.80. The number of hydrogen-bond donors (Lipinski definition) is 0. The van der Waals surface area contributed by atoms with Crippen molar-refractivity contribution >= 4 is 11.8 Å². The monoisotopic (exact) mass is 268 g/mol. The molecule has 2 unspecified atom stereocenters. The van der Waals surface area contributed by atoms with Crippen LogP contribution >= 0.6 is 0 Å². The summed E-state index contributed by atoms with van der Waals surface area (Å²) in [6, 6.07) is 0. The Hall–Kier alpha value is -1.06. The minimum absolute atomic E-state index is 0.0498. The summed E-state index contributed by atoms with van der Waals surface area (Å²) in [4.78, 5) is 28.3. The Bertz CT molecular complexity index is 307. The van der Waals surface area contributed by atoms with Gasteiger partial charge in [0.15, 0.2) is 0 Å². The van der Waals surface area contributed by atoms with Crippen LogP contribution in [0.15, 0.2) is 0 Å². The molecule has 0 aromatic rings. The lowest BCUT2D eigenvalue weighted by molar-refractivity contribution is -0.137. The van der Waals surface area contributed by atoms with Crippen LogP contribution in [0.25, 0.3) is 0 Å². The van der Waals surface area contributed by atoms with Crippen molar-refractivity contribution in [1.29, 1.82) is 0 Å². The molecule has 4 heteroatoms. The SMILES string of the molecule is CCCN(CCC)C(=O)C1CC1C(=O)N(CC)CC. The minimum atomic E-state index is -0.0522. The maximum atomic E-state index is 12.4. The van der Waals surface area contributed by atoms with Gasteiger partial charge in [0.05, 0.1) is 11.8 Å². The Morgan fingerprint density at radius 2 is 1.26 bits per heavy atom. The van der Waals surface area contributed by atoms with Crippen LogP contribution in [0.4, 0.5) is 0 Å². The summed E-state index contributed by atoms with van der Waals surface area (Å²) >= 11 is 0. The van der Waals surface area contributed by atoms with E-state index in [9.17, 15) is 9.59 Å². The minimum Gasteiger partial charge on any atom is -0.343 e. The van der Waals surface area contributed by atoms with E-state index in [4.69, 9.17) is 0 Å². The molecule has 1 saturated carbocycles. The van der Waals surface area contributed by atoms with E-state index in [2.05, 4.69) is 13.8 Å². The van der Waals surface area contributed by atoms with Crippen LogP contribution < -0.4 is 0 Å². The van der Waals surface area contributed by atoms with Crippen molar-refractivity contribution in [1.82, 2.24) is 9.80 Å². The fourth-order valence-electron chi connectivity index (χ4n) is 2.62. The summed E-state index contributed by atoms with van der Waals surface area (Å²) in [5.74, 6) is 0.250. The highest BCUT2D eigenvalue weighted by atomic mass is 16.2. The number of amides is 2. The number of hydrogen-bond acceptors (Lipinski definition) is 2. The number of rotatable bonds is 8. The molecule has 0 saturated heterocycles. The Morgan fingerprint density at radius 1 is 0.842 bits per heavy atom. The van der Waals surface area contributed by atoms with Gasteiger partial charge < -0.3 is 9.80 Å². The van der Waals surface area contributed by atoms with Gasteiger partial charge in [-0.1, -0.05) is 13.8 Å². The zero-order valence-electron chi connectivity index (χ0n) is 12.8. The van der Waals surface area contributed by atoms with Crippen molar-refractivity contribution < 1.29 is 9.59 Å². The summed E-state index contributed by atoms with van der Waals surface area (Å²) in [7, 11) is 0. The second-order valence-electron chi connectivity index (χ2n) is 5.28. The molecule has 1 rings (SSSR count). The zero-order chi connectivity index (χ0) is 14.4. The molecule has 0 N–H and O–H groups in total. The molecule has 4 nitrogen and oxygen atoms in total. The zero-order valence-corrected chi connectivity index (χ0v) is 12.8. The Kier molecular flexibility index (Phi) is 6.32. The van der Waals surface area contributed by atoms with Gasteiger partial charge in [0.1, 0.15) is 0 Å². The molecule has 0 aromatic heterocycles. The van der Waals surface area contributed by atoms with Gasteiger partial charge in [-0.2, -0.15) is 0 Å². The summed E-state index contributed by atoms with van der Waals surface area (Å²) in [6.45, 7) is 11.2. The van der Waals surface area contributed by atoms with Crippen LogP contribution in [-0.2, 0) is 9.59 Å². The average molecular weight is 268 g/mol. The molecule has 2 amide bonds. The first-order valence-electron chi connectivity index (χ1n) is 7.68. The van der Waals surface area contributed by atoms with E-state index in [0.29, 0.717) is 0 Å². The maximum absolute atomic E-state index is 12.4. The Labute approximate surface area is 117 Å². The van der Waals surface area contributed by atoms with Gasteiger partial charge >= 0.3 is 0 Å². The largest absolute Gasteiger partial charge is 0.343 e. The molecule has 0 bridgehead atoms. The van der Waals surface area contributed by atoms with Crippen LogP contribution in [0, 0.1) is 11.8 Å². The molecule has 0 spiro atoms. The van der Waals surface area contributed by atoms with E-state index < -0.39 is 0 Å². The van der Waals surface area contributed by atoms with E-state index >= 15 is 0 Å². The molecule has 1 aliphatic carbocycles. The fraction of sp³-hybridized carbons (Fsp3) is 0.867. The second kappa shape index (κ2) is 7.51. The highest BCUT2D eigenvalue weighted by Crippen LogP contribution is 2.41. The van der Waals surface area contributed by atoms with Gasteiger partial charge in [0.2, 0.25) is 11.8 Å². The van der Waals surface area contributed by atoms with Crippen molar-refractivity contribution in [2.45, 2.75) is 47.0 Å². The summed E-state index contributed by atoms with van der Waals surface area (Å²) in [5, 5.41) is 0. The van der Waals surface area contributed by atoms with Crippen molar-refractivity contribution in [3.8, 4) is 0 Å². The molecule has 0 aromatic carbocycles. The Balaban J connectivity index is 2.55. The van der Waals surface area contributed by atoms with Crippen molar-refractivity contribution in [3.05, 3.63) is 0 Å². The standard InChI is InChI=1S/C15H28N2O2/c1-5-9-17(10-6-2)15(19)13-11-12(13)14(18)16(7-3)8-4/h12-13H,5-11H2,1-4H3. The molecule has 19 heavy (non-hydrogen) atoms.